The molecule has 130 valence electrons. The molecule has 23 heavy (non-hydrogen) atoms. The van der Waals surface area contributed by atoms with Gasteiger partial charge < -0.3 is 9.47 Å². The second-order valence-electron chi connectivity index (χ2n) is 6.61. The number of hydrogen-bond acceptors (Lipinski definition) is 4. The summed E-state index contributed by atoms with van der Waals surface area (Å²) in [6, 6.07) is 5.11. The van der Waals surface area contributed by atoms with Crippen LogP contribution in [0.25, 0.3) is 0 Å². The maximum absolute atomic E-state index is 13.0. The van der Waals surface area contributed by atoms with E-state index in [0.29, 0.717) is 30.3 Å². The van der Waals surface area contributed by atoms with Gasteiger partial charge in [0, 0.05) is 26.2 Å². The fourth-order valence-electron chi connectivity index (χ4n) is 2.91. The highest BCUT2D eigenvalue weighted by Crippen LogP contribution is 2.36. The third-order valence-electron chi connectivity index (χ3n) is 4.26. The van der Waals surface area contributed by atoms with Gasteiger partial charge in [0.15, 0.2) is 0 Å². The molecule has 0 saturated carbocycles. The first-order chi connectivity index (χ1) is 10.7. The molecule has 0 unspecified atom stereocenters. The number of hydrogen-bond donors (Lipinski definition) is 0. The second-order valence-corrected chi connectivity index (χ2v) is 8.57. The van der Waals surface area contributed by atoms with E-state index >= 15 is 0 Å². The maximum atomic E-state index is 13.0. The number of methoxy groups -OCH3 is 2. The lowest BCUT2D eigenvalue weighted by Gasteiger charge is -2.39. The molecule has 1 aliphatic heterocycles. The van der Waals surface area contributed by atoms with E-state index in [-0.39, 0.29) is 5.41 Å². The zero-order chi connectivity index (χ0) is 17.3. The van der Waals surface area contributed by atoms with Crippen molar-refractivity contribution < 1.29 is 17.9 Å². The van der Waals surface area contributed by atoms with Gasteiger partial charge in [-0.2, -0.15) is 12.7 Å². The van der Waals surface area contributed by atoms with Crippen LogP contribution in [0.4, 0.5) is 5.69 Å². The van der Waals surface area contributed by atoms with Crippen LogP contribution in [0.15, 0.2) is 18.2 Å². The van der Waals surface area contributed by atoms with Crippen LogP contribution in [0, 0.1) is 5.41 Å². The molecule has 0 bridgehead atoms. The van der Waals surface area contributed by atoms with Crippen molar-refractivity contribution in [3.63, 3.8) is 0 Å². The Morgan fingerprint density at radius 2 is 1.91 bits per heavy atom. The summed E-state index contributed by atoms with van der Waals surface area (Å²) in [5.41, 5.74) is 0.493. The Morgan fingerprint density at radius 1 is 1.22 bits per heavy atom. The molecule has 1 heterocycles. The van der Waals surface area contributed by atoms with Gasteiger partial charge in [-0.1, -0.05) is 13.8 Å². The molecule has 0 amide bonds. The smallest absolute Gasteiger partial charge is 0.303 e. The first-order valence-corrected chi connectivity index (χ1v) is 9.07. The van der Waals surface area contributed by atoms with Crippen molar-refractivity contribution in [2.75, 3.05) is 38.7 Å². The topological polar surface area (TPSA) is 59.1 Å². The van der Waals surface area contributed by atoms with Gasteiger partial charge in [0.1, 0.15) is 11.5 Å². The molecule has 0 aromatic heterocycles. The predicted octanol–water partition coefficient (Wildman–Crippen LogP) is 2.51. The fourth-order valence-corrected chi connectivity index (χ4v) is 4.53. The van der Waals surface area contributed by atoms with E-state index in [0.717, 1.165) is 12.8 Å². The number of nitrogens with zero attached hydrogens (tertiary/aromatic N) is 2. The van der Waals surface area contributed by atoms with Crippen LogP contribution in [-0.2, 0) is 10.2 Å². The summed E-state index contributed by atoms with van der Waals surface area (Å²) in [4.78, 5) is 0. The normalized spacial score (nSPS) is 18.5. The van der Waals surface area contributed by atoms with E-state index in [1.54, 1.807) is 36.7 Å². The monoisotopic (exact) mass is 342 g/mol. The lowest BCUT2D eigenvalue weighted by Crippen LogP contribution is -2.49. The lowest BCUT2D eigenvalue weighted by atomic mass is 9.85. The zero-order valence-electron chi connectivity index (χ0n) is 14.5. The van der Waals surface area contributed by atoms with Crippen LogP contribution in [-0.4, -0.2) is 47.1 Å². The Morgan fingerprint density at radius 3 is 2.48 bits per heavy atom. The number of anilines is 1. The Balaban J connectivity index is 2.33. The van der Waals surface area contributed by atoms with Crippen molar-refractivity contribution >= 4 is 15.9 Å². The molecule has 7 heteroatoms. The van der Waals surface area contributed by atoms with Crippen LogP contribution in [0.2, 0.25) is 0 Å². The Kier molecular flexibility index (Phi) is 5.10. The standard InChI is InChI=1S/C16H26N2O4S/c1-16(2)9-6-10-18(12-16)23(19,20)17(3)14-8-7-13(21-4)11-15(14)22-5/h7-8,11H,6,9-10,12H2,1-5H3. The lowest BCUT2D eigenvalue weighted by molar-refractivity contribution is 0.186. The van der Waals surface area contributed by atoms with Crippen LogP contribution in [0.3, 0.4) is 0 Å². The van der Waals surface area contributed by atoms with Crippen LogP contribution in [0.5, 0.6) is 11.5 Å². The molecule has 0 atom stereocenters. The Bertz CT molecular complexity index is 658. The zero-order valence-corrected chi connectivity index (χ0v) is 15.3. The number of benzene rings is 1. The predicted molar refractivity (Wildman–Crippen MR) is 91.5 cm³/mol. The van der Waals surface area contributed by atoms with Crippen LogP contribution < -0.4 is 13.8 Å². The molecule has 0 radical (unpaired) electrons. The van der Waals surface area contributed by atoms with E-state index < -0.39 is 10.2 Å². The van der Waals surface area contributed by atoms with Crippen molar-refractivity contribution in [3.8, 4) is 11.5 Å². The van der Waals surface area contributed by atoms with Gasteiger partial charge in [-0.3, -0.25) is 4.31 Å². The molecule has 1 aliphatic rings. The second kappa shape index (κ2) is 6.57. The largest absolute Gasteiger partial charge is 0.497 e. The molecule has 0 N–H and O–H groups in total. The third kappa shape index (κ3) is 3.72. The SMILES string of the molecule is COc1ccc(N(C)S(=O)(=O)N2CCCC(C)(C)C2)c(OC)c1. The highest BCUT2D eigenvalue weighted by molar-refractivity contribution is 7.90. The average molecular weight is 342 g/mol. The van der Waals surface area contributed by atoms with E-state index in [1.165, 1.54) is 11.4 Å². The Labute approximate surface area is 139 Å². The molecular weight excluding hydrogens is 316 g/mol. The molecule has 1 aromatic rings. The molecule has 0 aliphatic carbocycles. The van der Waals surface area contributed by atoms with Crippen molar-refractivity contribution in [2.45, 2.75) is 26.7 Å². The minimum Gasteiger partial charge on any atom is -0.497 e. The minimum atomic E-state index is -3.59. The molecule has 1 fully saturated rings. The average Bonchev–Trinajstić information content (AvgIpc) is 2.52. The minimum absolute atomic E-state index is 0.00382. The van der Waals surface area contributed by atoms with Gasteiger partial charge >= 0.3 is 10.2 Å². The van der Waals surface area contributed by atoms with Gasteiger partial charge in [0.2, 0.25) is 0 Å². The van der Waals surface area contributed by atoms with Crippen LogP contribution in [0.1, 0.15) is 26.7 Å². The van der Waals surface area contributed by atoms with E-state index in [2.05, 4.69) is 13.8 Å². The summed E-state index contributed by atoms with van der Waals surface area (Å²) in [5.74, 6) is 1.09. The van der Waals surface area contributed by atoms with Gasteiger partial charge in [0.05, 0.1) is 19.9 Å². The van der Waals surface area contributed by atoms with Crippen molar-refractivity contribution in [1.29, 1.82) is 0 Å². The van der Waals surface area contributed by atoms with Gasteiger partial charge in [-0.25, -0.2) is 0 Å². The summed E-state index contributed by atoms with van der Waals surface area (Å²) in [7, 11) is 1.04. The highest BCUT2D eigenvalue weighted by atomic mass is 32.2. The van der Waals surface area contributed by atoms with E-state index in [1.807, 2.05) is 0 Å². The number of piperidine rings is 1. The number of rotatable bonds is 5. The Hall–Kier alpha value is -1.47. The molecule has 6 nitrogen and oxygen atoms in total. The van der Waals surface area contributed by atoms with Gasteiger partial charge in [0.25, 0.3) is 0 Å². The molecular formula is C16H26N2O4S. The number of ether oxygens (including phenoxy) is 2. The van der Waals surface area contributed by atoms with E-state index in [4.69, 9.17) is 9.47 Å². The summed E-state index contributed by atoms with van der Waals surface area (Å²) in [5, 5.41) is 0. The summed E-state index contributed by atoms with van der Waals surface area (Å²) in [6.45, 7) is 5.28. The van der Waals surface area contributed by atoms with Crippen molar-refractivity contribution in [3.05, 3.63) is 18.2 Å². The summed E-state index contributed by atoms with van der Waals surface area (Å²) >= 11 is 0. The molecule has 1 aromatic carbocycles. The molecule has 1 saturated heterocycles. The maximum Gasteiger partial charge on any atom is 0.303 e. The first kappa shape index (κ1) is 17.9. The quantitative estimate of drug-likeness (QED) is 0.825. The van der Waals surface area contributed by atoms with Crippen molar-refractivity contribution in [1.82, 2.24) is 4.31 Å². The fraction of sp³-hybridized carbons (Fsp3) is 0.625. The molecule has 0 spiro atoms. The third-order valence-corrected chi connectivity index (χ3v) is 6.12. The van der Waals surface area contributed by atoms with E-state index in [9.17, 15) is 8.42 Å². The first-order valence-electron chi connectivity index (χ1n) is 7.67. The van der Waals surface area contributed by atoms with Crippen LogP contribution >= 0.6 is 0 Å². The van der Waals surface area contributed by atoms with Gasteiger partial charge in [-0.15, -0.1) is 0 Å². The van der Waals surface area contributed by atoms with Crippen molar-refractivity contribution in [2.24, 2.45) is 5.41 Å². The summed E-state index contributed by atoms with van der Waals surface area (Å²) in [6.07, 6.45) is 1.91. The van der Waals surface area contributed by atoms with Gasteiger partial charge in [-0.05, 0) is 30.4 Å². The highest BCUT2D eigenvalue weighted by Gasteiger charge is 2.36. The summed E-state index contributed by atoms with van der Waals surface area (Å²) < 4.78 is 39.3. The molecule has 2 rings (SSSR count).